The Bertz CT molecular complexity index is 989. The first-order valence-electron chi connectivity index (χ1n) is 7.53. The minimum atomic E-state index is -0.511. The SMILES string of the molecule is COC(=O)[C@@H](C)Sc1nc2cc(Cl)ccc2c(=O)n1-c1ccccc1. The van der Waals surface area contributed by atoms with E-state index in [4.69, 9.17) is 16.3 Å². The molecule has 0 amide bonds. The topological polar surface area (TPSA) is 61.2 Å². The van der Waals surface area contributed by atoms with Crippen molar-refractivity contribution in [1.82, 2.24) is 9.55 Å². The first-order valence-corrected chi connectivity index (χ1v) is 8.79. The molecule has 0 aliphatic heterocycles. The predicted octanol–water partition coefficient (Wildman–Crippen LogP) is 3.69. The summed E-state index contributed by atoms with van der Waals surface area (Å²) >= 11 is 7.20. The van der Waals surface area contributed by atoms with Crippen LogP contribution in [0.3, 0.4) is 0 Å². The number of aromatic nitrogens is 2. The van der Waals surface area contributed by atoms with Gasteiger partial charge in [-0.05, 0) is 37.3 Å². The van der Waals surface area contributed by atoms with Crippen molar-refractivity contribution in [2.75, 3.05) is 7.11 Å². The van der Waals surface area contributed by atoms with Crippen molar-refractivity contribution in [3.63, 3.8) is 0 Å². The van der Waals surface area contributed by atoms with E-state index in [-0.39, 0.29) is 11.5 Å². The van der Waals surface area contributed by atoms with Crippen molar-refractivity contribution in [3.8, 4) is 5.69 Å². The van der Waals surface area contributed by atoms with E-state index in [1.165, 1.54) is 23.4 Å². The van der Waals surface area contributed by atoms with E-state index in [1.54, 1.807) is 25.1 Å². The molecule has 25 heavy (non-hydrogen) atoms. The van der Waals surface area contributed by atoms with E-state index in [0.717, 1.165) is 0 Å². The molecule has 1 heterocycles. The highest BCUT2D eigenvalue weighted by Gasteiger charge is 2.20. The number of ether oxygens (including phenoxy) is 1. The second kappa shape index (κ2) is 7.29. The molecular weight excluding hydrogens is 360 g/mol. The van der Waals surface area contributed by atoms with Crippen molar-refractivity contribution in [3.05, 3.63) is 63.9 Å². The van der Waals surface area contributed by atoms with Gasteiger partial charge in [0.05, 0.1) is 23.7 Å². The normalized spacial score (nSPS) is 12.1. The van der Waals surface area contributed by atoms with Crippen molar-refractivity contribution in [1.29, 1.82) is 0 Å². The lowest BCUT2D eigenvalue weighted by atomic mass is 10.2. The van der Waals surface area contributed by atoms with Gasteiger partial charge in [-0.3, -0.25) is 14.2 Å². The smallest absolute Gasteiger partial charge is 0.318 e. The van der Waals surface area contributed by atoms with Crippen LogP contribution in [0.15, 0.2) is 58.5 Å². The highest BCUT2D eigenvalue weighted by atomic mass is 35.5. The lowest BCUT2D eigenvalue weighted by molar-refractivity contribution is -0.139. The van der Waals surface area contributed by atoms with E-state index in [0.29, 0.717) is 26.8 Å². The van der Waals surface area contributed by atoms with E-state index in [1.807, 2.05) is 30.3 Å². The summed E-state index contributed by atoms with van der Waals surface area (Å²) < 4.78 is 6.27. The number of thioether (sulfide) groups is 1. The van der Waals surface area contributed by atoms with Crippen molar-refractivity contribution in [2.24, 2.45) is 0 Å². The van der Waals surface area contributed by atoms with E-state index in [2.05, 4.69) is 4.98 Å². The number of rotatable bonds is 4. The van der Waals surface area contributed by atoms with Gasteiger partial charge in [0.1, 0.15) is 5.25 Å². The highest BCUT2D eigenvalue weighted by Crippen LogP contribution is 2.26. The summed E-state index contributed by atoms with van der Waals surface area (Å²) in [6.45, 7) is 1.71. The summed E-state index contributed by atoms with van der Waals surface area (Å²) in [5.74, 6) is -0.384. The zero-order chi connectivity index (χ0) is 18.0. The van der Waals surface area contributed by atoms with Crippen molar-refractivity contribution >= 4 is 40.2 Å². The third-order valence-corrected chi connectivity index (χ3v) is 4.90. The van der Waals surface area contributed by atoms with Gasteiger partial charge in [-0.1, -0.05) is 41.6 Å². The number of fused-ring (bicyclic) bond motifs is 1. The van der Waals surface area contributed by atoms with Crippen LogP contribution in [-0.2, 0) is 9.53 Å². The number of carbonyl (C=O) groups is 1. The van der Waals surface area contributed by atoms with Crippen LogP contribution in [0.2, 0.25) is 5.02 Å². The number of carbonyl (C=O) groups excluding carboxylic acids is 1. The Labute approximate surface area is 153 Å². The van der Waals surface area contributed by atoms with Gasteiger partial charge in [-0.15, -0.1) is 0 Å². The summed E-state index contributed by atoms with van der Waals surface area (Å²) in [4.78, 5) is 29.4. The molecule has 0 spiro atoms. The number of nitrogens with zero attached hydrogens (tertiary/aromatic N) is 2. The summed E-state index contributed by atoms with van der Waals surface area (Å²) in [6, 6.07) is 14.1. The van der Waals surface area contributed by atoms with Gasteiger partial charge in [0.25, 0.3) is 5.56 Å². The Hall–Kier alpha value is -2.31. The molecule has 1 atom stereocenters. The van der Waals surface area contributed by atoms with Crippen LogP contribution in [0, 0.1) is 0 Å². The van der Waals surface area contributed by atoms with Gasteiger partial charge in [-0.25, -0.2) is 4.98 Å². The molecule has 7 heteroatoms. The molecule has 0 bridgehead atoms. The second-order valence-electron chi connectivity index (χ2n) is 5.32. The maximum Gasteiger partial charge on any atom is 0.318 e. The number of para-hydroxylation sites is 1. The minimum Gasteiger partial charge on any atom is -0.468 e. The molecule has 0 saturated heterocycles. The fourth-order valence-corrected chi connectivity index (χ4v) is 3.51. The van der Waals surface area contributed by atoms with Gasteiger partial charge in [0.15, 0.2) is 5.16 Å². The number of esters is 1. The first kappa shape index (κ1) is 17.5. The maximum absolute atomic E-state index is 13.0. The molecule has 1 aromatic heterocycles. The Morgan fingerprint density at radius 3 is 2.64 bits per heavy atom. The van der Waals surface area contributed by atoms with E-state index >= 15 is 0 Å². The Kier molecular flexibility index (Phi) is 5.11. The fourth-order valence-electron chi connectivity index (χ4n) is 2.39. The first-order chi connectivity index (χ1) is 12.0. The molecule has 0 saturated carbocycles. The maximum atomic E-state index is 13.0. The number of methoxy groups -OCH3 is 1. The Morgan fingerprint density at radius 1 is 1.24 bits per heavy atom. The van der Waals surface area contributed by atoms with Crippen LogP contribution >= 0.6 is 23.4 Å². The zero-order valence-electron chi connectivity index (χ0n) is 13.6. The minimum absolute atomic E-state index is 0.215. The lowest BCUT2D eigenvalue weighted by Gasteiger charge is -2.15. The van der Waals surface area contributed by atoms with Crippen LogP contribution in [0.5, 0.6) is 0 Å². The molecule has 3 rings (SSSR count). The van der Waals surface area contributed by atoms with Crippen LogP contribution in [0.1, 0.15) is 6.92 Å². The van der Waals surface area contributed by atoms with Crippen molar-refractivity contribution in [2.45, 2.75) is 17.3 Å². The standard InChI is InChI=1S/C18H15ClN2O3S/c1-11(17(23)24-2)25-18-20-15-10-12(19)8-9-14(15)16(22)21(18)13-6-4-3-5-7-13/h3-11H,1-2H3/t11-/m1/s1. The summed E-state index contributed by atoms with van der Waals surface area (Å²) in [5, 5.41) is 0.851. The molecule has 2 aromatic carbocycles. The molecule has 0 unspecified atom stereocenters. The van der Waals surface area contributed by atoms with E-state index < -0.39 is 5.25 Å². The predicted molar refractivity (Wildman–Crippen MR) is 99.7 cm³/mol. The third kappa shape index (κ3) is 3.55. The van der Waals surface area contributed by atoms with Crippen molar-refractivity contribution < 1.29 is 9.53 Å². The number of hydrogen-bond acceptors (Lipinski definition) is 5. The van der Waals surface area contributed by atoms with E-state index in [9.17, 15) is 9.59 Å². The molecule has 0 aliphatic carbocycles. The summed E-state index contributed by atoms with van der Waals surface area (Å²) in [7, 11) is 1.33. The second-order valence-corrected chi connectivity index (χ2v) is 7.06. The molecule has 128 valence electrons. The van der Waals surface area contributed by atoms with Gasteiger partial charge in [0.2, 0.25) is 0 Å². The van der Waals surface area contributed by atoms with Crippen LogP contribution in [0.4, 0.5) is 0 Å². The molecule has 5 nitrogen and oxygen atoms in total. The average Bonchev–Trinajstić information content (AvgIpc) is 2.61. The van der Waals surface area contributed by atoms with Gasteiger partial charge < -0.3 is 4.74 Å². The number of hydrogen-bond donors (Lipinski definition) is 0. The molecule has 3 aromatic rings. The monoisotopic (exact) mass is 374 g/mol. The average molecular weight is 375 g/mol. The van der Waals surface area contributed by atoms with Crippen LogP contribution in [0.25, 0.3) is 16.6 Å². The Balaban J connectivity index is 2.25. The number of halogens is 1. The van der Waals surface area contributed by atoms with Crippen LogP contribution in [-0.4, -0.2) is 27.9 Å². The lowest BCUT2D eigenvalue weighted by Crippen LogP contribution is -2.24. The molecule has 0 fully saturated rings. The number of benzene rings is 2. The van der Waals surface area contributed by atoms with Gasteiger partial charge >= 0.3 is 5.97 Å². The quantitative estimate of drug-likeness (QED) is 0.396. The third-order valence-electron chi connectivity index (χ3n) is 3.63. The highest BCUT2D eigenvalue weighted by molar-refractivity contribution is 8.00. The zero-order valence-corrected chi connectivity index (χ0v) is 15.2. The fraction of sp³-hybridized carbons (Fsp3) is 0.167. The summed E-state index contributed by atoms with van der Waals surface area (Å²) in [5.41, 5.74) is 0.952. The molecule has 0 N–H and O–H groups in total. The summed E-state index contributed by atoms with van der Waals surface area (Å²) in [6.07, 6.45) is 0. The largest absolute Gasteiger partial charge is 0.468 e. The Morgan fingerprint density at radius 2 is 1.96 bits per heavy atom. The molecule has 0 aliphatic rings. The molecular formula is C18H15ClN2O3S. The molecule has 0 radical (unpaired) electrons. The van der Waals surface area contributed by atoms with Gasteiger partial charge in [-0.2, -0.15) is 0 Å². The van der Waals surface area contributed by atoms with Crippen LogP contribution < -0.4 is 5.56 Å². The van der Waals surface area contributed by atoms with Gasteiger partial charge in [0, 0.05) is 5.02 Å².